The van der Waals surface area contributed by atoms with Gasteiger partial charge in [0.25, 0.3) is 5.91 Å². The first-order valence-electron chi connectivity index (χ1n) is 9.89. The van der Waals surface area contributed by atoms with Crippen LogP contribution in [0.25, 0.3) is 0 Å². The number of likely N-dealkylation sites (N-methyl/N-ethyl adjacent to an activating group) is 1. The summed E-state index contributed by atoms with van der Waals surface area (Å²) in [5.41, 5.74) is 0.461. The van der Waals surface area contributed by atoms with Gasteiger partial charge in [-0.2, -0.15) is 0 Å². The lowest BCUT2D eigenvalue weighted by Gasteiger charge is -2.42. The minimum atomic E-state index is -0.686. The molecule has 0 radical (unpaired) electrons. The number of hydrogen-bond acceptors (Lipinski definition) is 5. The second-order valence-electron chi connectivity index (χ2n) is 7.89. The van der Waals surface area contributed by atoms with Gasteiger partial charge in [-0.15, -0.1) is 0 Å². The van der Waals surface area contributed by atoms with Crippen molar-refractivity contribution in [3.63, 3.8) is 0 Å². The molecule has 3 rings (SSSR count). The van der Waals surface area contributed by atoms with Crippen molar-refractivity contribution in [3.05, 3.63) is 23.8 Å². The Morgan fingerprint density at radius 3 is 2.78 bits per heavy atom. The molecule has 0 aliphatic carbocycles. The lowest BCUT2D eigenvalue weighted by atomic mass is 9.94. The number of methoxy groups -OCH3 is 1. The van der Waals surface area contributed by atoms with Crippen LogP contribution in [0, 0.1) is 0 Å². The predicted molar refractivity (Wildman–Crippen MR) is 104 cm³/mol. The second kappa shape index (κ2) is 8.48. The van der Waals surface area contributed by atoms with Crippen molar-refractivity contribution >= 4 is 5.91 Å². The van der Waals surface area contributed by atoms with Crippen LogP contribution in [0.4, 0.5) is 0 Å². The quantitative estimate of drug-likeness (QED) is 0.791. The minimum Gasteiger partial charge on any atom is -0.493 e. The van der Waals surface area contributed by atoms with Gasteiger partial charge in [0.05, 0.1) is 19.8 Å². The summed E-state index contributed by atoms with van der Waals surface area (Å²) >= 11 is 0. The number of benzene rings is 1. The maximum atomic E-state index is 12.9. The van der Waals surface area contributed by atoms with Crippen LogP contribution in [0.5, 0.6) is 11.5 Å². The summed E-state index contributed by atoms with van der Waals surface area (Å²) in [4.78, 5) is 17.1. The standard InChI is InChI=1S/C21H32N2O4/c1-16(2)27-18-8-7-17(13-19(18)25-4)14-23-11-12-26-21(15-23)9-5-6-10-22(3)20(21)24/h7-8,13,16H,5-6,9-12,14-15H2,1-4H3. The molecule has 1 atom stereocenters. The van der Waals surface area contributed by atoms with Crippen LogP contribution in [0.2, 0.25) is 0 Å². The highest BCUT2D eigenvalue weighted by molar-refractivity contribution is 5.85. The van der Waals surface area contributed by atoms with Gasteiger partial charge < -0.3 is 19.1 Å². The molecule has 0 bridgehead atoms. The summed E-state index contributed by atoms with van der Waals surface area (Å²) in [6.45, 7) is 7.64. The first-order chi connectivity index (χ1) is 12.9. The van der Waals surface area contributed by atoms with Gasteiger partial charge in [-0.05, 0) is 50.8 Å². The van der Waals surface area contributed by atoms with Crippen LogP contribution in [-0.4, -0.2) is 67.8 Å². The fraction of sp³-hybridized carbons (Fsp3) is 0.667. The minimum absolute atomic E-state index is 0.0992. The van der Waals surface area contributed by atoms with Crippen molar-refractivity contribution in [1.82, 2.24) is 9.80 Å². The molecule has 6 heteroatoms. The molecule has 2 heterocycles. The molecular formula is C21H32N2O4. The van der Waals surface area contributed by atoms with Gasteiger partial charge in [-0.1, -0.05) is 6.07 Å². The van der Waals surface area contributed by atoms with Crippen LogP contribution in [0.1, 0.15) is 38.7 Å². The zero-order chi connectivity index (χ0) is 19.4. The highest BCUT2D eigenvalue weighted by Gasteiger charge is 2.45. The number of hydrogen-bond donors (Lipinski definition) is 0. The number of nitrogens with zero attached hydrogens (tertiary/aromatic N) is 2. The Hall–Kier alpha value is -1.79. The summed E-state index contributed by atoms with van der Waals surface area (Å²) in [6.07, 6.45) is 2.97. The smallest absolute Gasteiger partial charge is 0.255 e. The SMILES string of the molecule is COc1cc(CN2CCOC3(CCCCN(C)C3=O)C2)ccc1OC(C)C. The third kappa shape index (κ3) is 4.55. The molecule has 27 heavy (non-hydrogen) atoms. The molecule has 1 amide bonds. The molecule has 1 aromatic rings. The van der Waals surface area contributed by atoms with Gasteiger partial charge in [0.2, 0.25) is 0 Å². The Kier molecular flexibility index (Phi) is 6.27. The van der Waals surface area contributed by atoms with Gasteiger partial charge in [0.1, 0.15) is 0 Å². The molecular weight excluding hydrogens is 344 g/mol. The summed E-state index contributed by atoms with van der Waals surface area (Å²) < 4.78 is 17.4. The van der Waals surface area contributed by atoms with E-state index < -0.39 is 5.60 Å². The number of rotatable bonds is 5. The molecule has 0 saturated carbocycles. The van der Waals surface area contributed by atoms with Crippen molar-refractivity contribution in [2.75, 3.05) is 40.4 Å². The zero-order valence-electron chi connectivity index (χ0n) is 17.0. The number of carbonyl (C=O) groups excluding carboxylic acids is 1. The van der Waals surface area contributed by atoms with E-state index in [0.29, 0.717) is 13.2 Å². The highest BCUT2D eigenvalue weighted by Crippen LogP contribution is 2.32. The number of carbonyl (C=O) groups is 1. The van der Waals surface area contributed by atoms with E-state index in [1.165, 1.54) is 0 Å². The lowest BCUT2D eigenvalue weighted by molar-refractivity contribution is -0.169. The molecule has 0 N–H and O–H groups in total. The van der Waals surface area contributed by atoms with E-state index in [1.807, 2.05) is 37.9 Å². The van der Waals surface area contributed by atoms with Crippen LogP contribution in [0.3, 0.4) is 0 Å². The van der Waals surface area contributed by atoms with E-state index in [2.05, 4.69) is 11.0 Å². The van der Waals surface area contributed by atoms with Gasteiger partial charge in [-0.25, -0.2) is 0 Å². The summed E-state index contributed by atoms with van der Waals surface area (Å²) in [5, 5.41) is 0. The maximum Gasteiger partial charge on any atom is 0.255 e. The molecule has 2 aliphatic heterocycles. The summed E-state index contributed by atoms with van der Waals surface area (Å²) in [7, 11) is 3.55. The molecule has 0 aromatic heterocycles. The van der Waals surface area contributed by atoms with Crippen LogP contribution < -0.4 is 9.47 Å². The second-order valence-corrected chi connectivity index (χ2v) is 7.89. The average molecular weight is 376 g/mol. The Morgan fingerprint density at radius 1 is 1.22 bits per heavy atom. The predicted octanol–water partition coefficient (Wildman–Crippen LogP) is 2.70. The lowest BCUT2D eigenvalue weighted by Crippen LogP contribution is -2.59. The normalized spacial score (nSPS) is 24.3. The topological polar surface area (TPSA) is 51.2 Å². The van der Waals surface area contributed by atoms with Crippen molar-refractivity contribution in [1.29, 1.82) is 0 Å². The molecule has 2 fully saturated rings. The summed E-state index contributed by atoms with van der Waals surface area (Å²) in [6, 6.07) is 6.07. The number of likely N-dealkylation sites (tertiary alicyclic amines) is 1. The fourth-order valence-corrected chi connectivity index (χ4v) is 4.01. The third-order valence-electron chi connectivity index (χ3n) is 5.32. The first kappa shape index (κ1) is 20.0. The van der Waals surface area contributed by atoms with Crippen LogP contribution in [-0.2, 0) is 16.1 Å². The van der Waals surface area contributed by atoms with Gasteiger partial charge in [0, 0.05) is 33.2 Å². The Morgan fingerprint density at radius 2 is 2.04 bits per heavy atom. The molecule has 1 aromatic carbocycles. The Balaban J connectivity index is 1.73. The number of ether oxygens (including phenoxy) is 3. The molecule has 2 saturated heterocycles. The first-order valence-corrected chi connectivity index (χ1v) is 9.89. The van der Waals surface area contributed by atoms with E-state index in [-0.39, 0.29) is 12.0 Å². The van der Waals surface area contributed by atoms with E-state index >= 15 is 0 Å². The fourth-order valence-electron chi connectivity index (χ4n) is 4.01. The molecule has 1 spiro atoms. The van der Waals surface area contributed by atoms with E-state index in [0.717, 1.165) is 56.0 Å². The van der Waals surface area contributed by atoms with Crippen molar-refractivity contribution < 1.29 is 19.0 Å². The van der Waals surface area contributed by atoms with Crippen LogP contribution in [0.15, 0.2) is 18.2 Å². The Bertz CT molecular complexity index is 664. The zero-order valence-corrected chi connectivity index (χ0v) is 17.0. The van der Waals surface area contributed by atoms with E-state index in [9.17, 15) is 4.79 Å². The monoisotopic (exact) mass is 376 g/mol. The van der Waals surface area contributed by atoms with E-state index in [4.69, 9.17) is 14.2 Å². The average Bonchev–Trinajstić information content (AvgIpc) is 2.77. The van der Waals surface area contributed by atoms with Gasteiger partial charge in [-0.3, -0.25) is 9.69 Å². The molecule has 6 nitrogen and oxygen atoms in total. The maximum absolute atomic E-state index is 12.9. The van der Waals surface area contributed by atoms with E-state index in [1.54, 1.807) is 7.11 Å². The van der Waals surface area contributed by atoms with Crippen LogP contribution >= 0.6 is 0 Å². The molecule has 2 aliphatic rings. The largest absolute Gasteiger partial charge is 0.493 e. The Labute approximate surface area is 162 Å². The van der Waals surface area contributed by atoms with Gasteiger partial charge in [0.15, 0.2) is 17.1 Å². The third-order valence-corrected chi connectivity index (χ3v) is 5.32. The molecule has 1 unspecified atom stereocenters. The highest BCUT2D eigenvalue weighted by atomic mass is 16.5. The van der Waals surface area contributed by atoms with Gasteiger partial charge >= 0.3 is 0 Å². The van der Waals surface area contributed by atoms with Crippen molar-refractivity contribution in [2.45, 2.75) is 51.4 Å². The number of amides is 1. The van der Waals surface area contributed by atoms with Crippen molar-refractivity contribution in [2.24, 2.45) is 0 Å². The summed E-state index contributed by atoms with van der Waals surface area (Å²) in [5.74, 6) is 1.63. The van der Waals surface area contributed by atoms with Crippen molar-refractivity contribution in [3.8, 4) is 11.5 Å². The molecule has 150 valence electrons. The number of morpholine rings is 1.